The molecule has 0 aliphatic heterocycles. The lowest BCUT2D eigenvalue weighted by Gasteiger charge is -2.12. The van der Waals surface area contributed by atoms with Crippen molar-refractivity contribution >= 4 is 17.6 Å². The SMILES string of the molecule is COC(=O)c1c(OCc2ccccc2)cc(Cl)nc1C. The zero-order chi connectivity index (χ0) is 14.5. The number of halogens is 1. The minimum Gasteiger partial charge on any atom is -0.488 e. The van der Waals surface area contributed by atoms with Crippen LogP contribution in [-0.4, -0.2) is 18.1 Å². The number of hydrogen-bond acceptors (Lipinski definition) is 4. The summed E-state index contributed by atoms with van der Waals surface area (Å²) >= 11 is 5.91. The van der Waals surface area contributed by atoms with Crippen LogP contribution >= 0.6 is 11.6 Å². The Balaban J connectivity index is 2.28. The molecule has 0 aliphatic rings. The van der Waals surface area contributed by atoms with Crippen LogP contribution in [-0.2, 0) is 11.3 Å². The molecule has 0 aliphatic carbocycles. The Morgan fingerprint density at radius 3 is 2.65 bits per heavy atom. The van der Waals surface area contributed by atoms with Gasteiger partial charge in [-0.25, -0.2) is 9.78 Å². The summed E-state index contributed by atoms with van der Waals surface area (Å²) in [7, 11) is 1.32. The number of methoxy groups -OCH3 is 1. The number of hydrogen-bond donors (Lipinski definition) is 0. The molecule has 0 bridgehead atoms. The molecule has 0 fully saturated rings. The first kappa shape index (κ1) is 14.3. The van der Waals surface area contributed by atoms with E-state index in [2.05, 4.69) is 4.98 Å². The predicted molar refractivity (Wildman–Crippen MR) is 76.1 cm³/mol. The van der Waals surface area contributed by atoms with Crippen LogP contribution in [0.25, 0.3) is 0 Å². The number of ether oxygens (including phenoxy) is 2. The van der Waals surface area contributed by atoms with Crippen LogP contribution in [0, 0.1) is 6.92 Å². The number of benzene rings is 1. The molecule has 20 heavy (non-hydrogen) atoms. The van der Waals surface area contributed by atoms with E-state index in [1.807, 2.05) is 30.3 Å². The molecule has 2 rings (SSSR count). The maximum absolute atomic E-state index is 11.8. The van der Waals surface area contributed by atoms with E-state index < -0.39 is 5.97 Å². The number of aromatic nitrogens is 1. The summed E-state index contributed by atoms with van der Waals surface area (Å²) in [6.07, 6.45) is 0. The van der Waals surface area contributed by atoms with E-state index in [0.717, 1.165) is 5.56 Å². The molecule has 0 saturated heterocycles. The molecule has 0 N–H and O–H groups in total. The van der Waals surface area contributed by atoms with Crippen molar-refractivity contribution in [3.05, 3.63) is 58.4 Å². The van der Waals surface area contributed by atoms with Gasteiger partial charge in [0.05, 0.1) is 12.8 Å². The highest BCUT2D eigenvalue weighted by molar-refractivity contribution is 6.29. The molecular formula is C15H14ClNO3. The smallest absolute Gasteiger partial charge is 0.343 e. The van der Waals surface area contributed by atoms with Crippen molar-refractivity contribution in [1.29, 1.82) is 0 Å². The molecule has 0 spiro atoms. The van der Waals surface area contributed by atoms with Crippen molar-refractivity contribution in [3.63, 3.8) is 0 Å². The molecule has 0 amide bonds. The fraction of sp³-hybridized carbons (Fsp3) is 0.200. The fourth-order valence-corrected chi connectivity index (χ4v) is 2.03. The Labute approximate surface area is 122 Å². The predicted octanol–water partition coefficient (Wildman–Crippen LogP) is 3.41. The summed E-state index contributed by atoms with van der Waals surface area (Å²) in [5.41, 5.74) is 1.77. The Morgan fingerprint density at radius 2 is 2.00 bits per heavy atom. The second-order valence-electron chi connectivity index (χ2n) is 4.17. The van der Waals surface area contributed by atoms with E-state index in [0.29, 0.717) is 23.6 Å². The molecule has 1 heterocycles. The highest BCUT2D eigenvalue weighted by Crippen LogP contribution is 2.26. The van der Waals surface area contributed by atoms with Gasteiger partial charge in [-0.1, -0.05) is 41.9 Å². The number of aryl methyl sites for hydroxylation is 1. The molecular weight excluding hydrogens is 278 g/mol. The van der Waals surface area contributed by atoms with E-state index in [-0.39, 0.29) is 5.15 Å². The lowest BCUT2D eigenvalue weighted by atomic mass is 10.2. The van der Waals surface area contributed by atoms with Crippen LogP contribution in [0.3, 0.4) is 0 Å². The largest absolute Gasteiger partial charge is 0.488 e. The maximum atomic E-state index is 11.8. The Morgan fingerprint density at radius 1 is 1.30 bits per heavy atom. The molecule has 4 nitrogen and oxygen atoms in total. The quantitative estimate of drug-likeness (QED) is 0.640. The van der Waals surface area contributed by atoms with Crippen LogP contribution in [0.1, 0.15) is 21.6 Å². The Hall–Kier alpha value is -2.07. The van der Waals surface area contributed by atoms with Crippen molar-refractivity contribution in [2.75, 3.05) is 7.11 Å². The highest BCUT2D eigenvalue weighted by atomic mass is 35.5. The number of carbonyl (C=O) groups excluding carboxylic acids is 1. The topological polar surface area (TPSA) is 48.4 Å². The van der Waals surface area contributed by atoms with Gasteiger partial charge in [0.2, 0.25) is 0 Å². The zero-order valence-electron chi connectivity index (χ0n) is 11.2. The van der Waals surface area contributed by atoms with Gasteiger partial charge in [-0.3, -0.25) is 0 Å². The van der Waals surface area contributed by atoms with E-state index in [4.69, 9.17) is 21.1 Å². The number of nitrogens with zero attached hydrogens (tertiary/aromatic N) is 1. The van der Waals surface area contributed by atoms with E-state index in [1.54, 1.807) is 6.92 Å². The first-order valence-corrected chi connectivity index (χ1v) is 6.42. The minimum absolute atomic E-state index is 0.276. The average molecular weight is 292 g/mol. The first-order valence-electron chi connectivity index (χ1n) is 6.04. The lowest BCUT2D eigenvalue weighted by molar-refractivity contribution is 0.0594. The van der Waals surface area contributed by atoms with Gasteiger partial charge < -0.3 is 9.47 Å². The normalized spacial score (nSPS) is 10.2. The van der Waals surface area contributed by atoms with Gasteiger partial charge in [-0.2, -0.15) is 0 Å². The molecule has 5 heteroatoms. The highest BCUT2D eigenvalue weighted by Gasteiger charge is 2.18. The van der Waals surface area contributed by atoms with Crippen LogP contribution < -0.4 is 4.74 Å². The monoisotopic (exact) mass is 291 g/mol. The maximum Gasteiger partial charge on any atom is 0.343 e. The van der Waals surface area contributed by atoms with E-state index in [1.165, 1.54) is 13.2 Å². The summed E-state index contributed by atoms with van der Waals surface area (Å²) in [4.78, 5) is 15.8. The van der Waals surface area contributed by atoms with E-state index in [9.17, 15) is 4.79 Å². The van der Waals surface area contributed by atoms with Crippen molar-refractivity contribution < 1.29 is 14.3 Å². The minimum atomic E-state index is -0.491. The lowest BCUT2D eigenvalue weighted by Crippen LogP contribution is -2.09. The van der Waals surface area contributed by atoms with Crippen molar-refractivity contribution in [2.45, 2.75) is 13.5 Å². The van der Waals surface area contributed by atoms with Crippen LogP contribution in [0.5, 0.6) is 5.75 Å². The van der Waals surface area contributed by atoms with Gasteiger partial charge in [-0.15, -0.1) is 0 Å². The van der Waals surface area contributed by atoms with Gasteiger partial charge in [-0.05, 0) is 12.5 Å². The van der Waals surface area contributed by atoms with Gasteiger partial charge in [0, 0.05) is 6.07 Å². The number of pyridine rings is 1. The van der Waals surface area contributed by atoms with Gasteiger partial charge in [0.15, 0.2) is 0 Å². The molecule has 1 aromatic carbocycles. The molecule has 104 valence electrons. The number of rotatable bonds is 4. The first-order chi connectivity index (χ1) is 9.61. The Kier molecular flexibility index (Phi) is 4.58. The third-order valence-electron chi connectivity index (χ3n) is 2.76. The molecule has 0 saturated carbocycles. The van der Waals surface area contributed by atoms with Crippen LogP contribution in [0.4, 0.5) is 0 Å². The zero-order valence-corrected chi connectivity index (χ0v) is 12.0. The van der Waals surface area contributed by atoms with Gasteiger partial charge >= 0.3 is 5.97 Å². The summed E-state index contributed by atoms with van der Waals surface area (Å²) in [5, 5.41) is 0.276. The average Bonchev–Trinajstić information content (AvgIpc) is 2.45. The summed E-state index contributed by atoms with van der Waals surface area (Å²) < 4.78 is 10.4. The molecule has 1 aromatic heterocycles. The van der Waals surface area contributed by atoms with Gasteiger partial charge in [0.25, 0.3) is 0 Å². The standard InChI is InChI=1S/C15H14ClNO3/c1-10-14(15(18)19-2)12(8-13(16)17-10)20-9-11-6-4-3-5-7-11/h3-8H,9H2,1-2H3. The molecule has 2 aromatic rings. The summed E-state index contributed by atoms with van der Waals surface area (Å²) in [6, 6.07) is 11.2. The van der Waals surface area contributed by atoms with Crippen molar-refractivity contribution in [3.8, 4) is 5.75 Å². The second-order valence-corrected chi connectivity index (χ2v) is 4.56. The molecule has 0 atom stereocenters. The fourth-order valence-electron chi connectivity index (χ4n) is 1.81. The number of esters is 1. The summed E-state index contributed by atoms with van der Waals surface area (Å²) in [6.45, 7) is 2.03. The third kappa shape index (κ3) is 3.27. The van der Waals surface area contributed by atoms with Gasteiger partial charge in [0.1, 0.15) is 23.1 Å². The number of carbonyl (C=O) groups is 1. The summed E-state index contributed by atoms with van der Waals surface area (Å²) in [5.74, 6) is -0.118. The van der Waals surface area contributed by atoms with Crippen molar-refractivity contribution in [2.24, 2.45) is 0 Å². The van der Waals surface area contributed by atoms with Crippen LogP contribution in [0.15, 0.2) is 36.4 Å². The van der Waals surface area contributed by atoms with E-state index >= 15 is 0 Å². The molecule has 0 unspecified atom stereocenters. The Bertz CT molecular complexity index is 614. The van der Waals surface area contributed by atoms with Crippen LogP contribution in [0.2, 0.25) is 5.15 Å². The molecule has 0 radical (unpaired) electrons. The third-order valence-corrected chi connectivity index (χ3v) is 2.95. The second kappa shape index (κ2) is 6.39. The van der Waals surface area contributed by atoms with Crippen molar-refractivity contribution in [1.82, 2.24) is 4.98 Å².